The number of nitrogens with two attached hydrogens (primary N) is 1. The Morgan fingerprint density at radius 2 is 2.21 bits per heavy atom. The standard InChI is InChI=1S/C17H21N5O2/c1-2-22-10-14(16(21-22)17(18)24)20-15(23)9-12-8-7-11-5-3-4-6-13(11)19-12/h3-6,10,12,19H,2,7-9H2,1H3,(H2,18,24)(H,20,23). The number of aryl methyl sites for hydroxylation is 2. The van der Waals surface area contributed by atoms with Crippen molar-refractivity contribution in [2.24, 2.45) is 5.73 Å². The highest BCUT2D eigenvalue weighted by atomic mass is 16.2. The van der Waals surface area contributed by atoms with Crippen molar-refractivity contribution in [1.82, 2.24) is 9.78 Å². The summed E-state index contributed by atoms with van der Waals surface area (Å²) in [4.78, 5) is 23.8. The topological polar surface area (TPSA) is 102 Å². The Bertz CT molecular complexity index is 768. The van der Waals surface area contributed by atoms with Crippen LogP contribution in [0.2, 0.25) is 0 Å². The van der Waals surface area contributed by atoms with E-state index in [1.54, 1.807) is 10.9 Å². The van der Waals surface area contributed by atoms with Crippen LogP contribution in [0.15, 0.2) is 30.5 Å². The lowest BCUT2D eigenvalue weighted by atomic mass is 9.96. The highest BCUT2D eigenvalue weighted by Crippen LogP contribution is 2.25. The first kappa shape index (κ1) is 16.0. The van der Waals surface area contributed by atoms with Crippen LogP contribution < -0.4 is 16.4 Å². The van der Waals surface area contributed by atoms with Crippen LogP contribution in [0, 0.1) is 0 Å². The molecule has 2 heterocycles. The summed E-state index contributed by atoms with van der Waals surface area (Å²) in [5, 5.41) is 10.2. The number of hydrogen-bond acceptors (Lipinski definition) is 4. The molecule has 7 nitrogen and oxygen atoms in total. The number of fused-ring (bicyclic) bond motifs is 1. The third-order valence-corrected chi connectivity index (χ3v) is 4.16. The van der Waals surface area contributed by atoms with E-state index in [0.717, 1.165) is 18.5 Å². The van der Waals surface area contributed by atoms with Gasteiger partial charge in [-0.1, -0.05) is 18.2 Å². The van der Waals surface area contributed by atoms with Gasteiger partial charge in [0, 0.05) is 30.9 Å². The fraction of sp³-hybridized carbons (Fsp3) is 0.353. The molecule has 0 radical (unpaired) electrons. The van der Waals surface area contributed by atoms with Crippen molar-refractivity contribution < 1.29 is 9.59 Å². The number of carbonyl (C=O) groups is 2. The van der Waals surface area contributed by atoms with Gasteiger partial charge >= 0.3 is 0 Å². The summed E-state index contributed by atoms with van der Waals surface area (Å²) in [6, 6.07) is 8.18. The number of carbonyl (C=O) groups excluding carboxylic acids is 2. The van der Waals surface area contributed by atoms with Crippen LogP contribution in [0.3, 0.4) is 0 Å². The van der Waals surface area contributed by atoms with E-state index in [4.69, 9.17) is 5.73 Å². The first-order valence-corrected chi connectivity index (χ1v) is 8.08. The summed E-state index contributed by atoms with van der Waals surface area (Å²) in [7, 11) is 0. The predicted molar refractivity (Wildman–Crippen MR) is 91.8 cm³/mol. The van der Waals surface area contributed by atoms with Crippen LogP contribution in [0.25, 0.3) is 0 Å². The van der Waals surface area contributed by atoms with Crippen molar-refractivity contribution in [3.63, 3.8) is 0 Å². The molecule has 1 aromatic heterocycles. The zero-order chi connectivity index (χ0) is 17.1. The average molecular weight is 327 g/mol. The Labute approximate surface area is 140 Å². The number of anilines is 2. The quantitative estimate of drug-likeness (QED) is 0.778. The minimum absolute atomic E-state index is 0.0677. The van der Waals surface area contributed by atoms with Crippen LogP contribution in [0.4, 0.5) is 11.4 Å². The van der Waals surface area contributed by atoms with Gasteiger partial charge in [-0.3, -0.25) is 14.3 Å². The van der Waals surface area contributed by atoms with Gasteiger partial charge in [-0.2, -0.15) is 5.10 Å². The van der Waals surface area contributed by atoms with Crippen LogP contribution in [-0.2, 0) is 17.8 Å². The summed E-state index contributed by atoms with van der Waals surface area (Å²) in [6.45, 7) is 2.49. The minimum Gasteiger partial charge on any atom is -0.382 e. The molecule has 24 heavy (non-hydrogen) atoms. The molecule has 0 spiro atoms. The Morgan fingerprint density at radius 1 is 1.42 bits per heavy atom. The molecule has 0 aliphatic carbocycles. The third kappa shape index (κ3) is 3.40. The summed E-state index contributed by atoms with van der Waals surface area (Å²) >= 11 is 0. The first-order chi connectivity index (χ1) is 11.6. The van der Waals surface area contributed by atoms with E-state index in [1.165, 1.54) is 5.56 Å². The number of amides is 2. The van der Waals surface area contributed by atoms with Crippen molar-refractivity contribution in [1.29, 1.82) is 0 Å². The summed E-state index contributed by atoms with van der Waals surface area (Å²) in [5.74, 6) is -0.813. The fourth-order valence-corrected chi connectivity index (χ4v) is 2.94. The number of rotatable bonds is 5. The number of hydrogen-bond donors (Lipinski definition) is 3. The lowest BCUT2D eigenvalue weighted by Crippen LogP contribution is -2.30. The molecule has 0 saturated carbocycles. The second-order valence-corrected chi connectivity index (χ2v) is 5.90. The van der Waals surface area contributed by atoms with Crippen molar-refractivity contribution in [3.8, 4) is 0 Å². The van der Waals surface area contributed by atoms with E-state index in [9.17, 15) is 9.59 Å². The number of benzene rings is 1. The Hall–Kier alpha value is -2.83. The van der Waals surface area contributed by atoms with Crippen molar-refractivity contribution in [3.05, 3.63) is 41.7 Å². The number of primary amides is 1. The smallest absolute Gasteiger partial charge is 0.271 e. The number of aromatic nitrogens is 2. The predicted octanol–water partition coefficient (Wildman–Crippen LogP) is 1.76. The molecule has 0 saturated heterocycles. The molecule has 1 atom stereocenters. The van der Waals surface area contributed by atoms with Crippen molar-refractivity contribution in [2.75, 3.05) is 10.6 Å². The largest absolute Gasteiger partial charge is 0.382 e. The maximum Gasteiger partial charge on any atom is 0.271 e. The summed E-state index contributed by atoms with van der Waals surface area (Å²) in [6.07, 6.45) is 3.79. The number of nitrogens with one attached hydrogen (secondary N) is 2. The fourth-order valence-electron chi connectivity index (χ4n) is 2.94. The molecule has 1 unspecified atom stereocenters. The van der Waals surface area contributed by atoms with Crippen LogP contribution in [0.5, 0.6) is 0 Å². The van der Waals surface area contributed by atoms with Crippen LogP contribution in [-0.4, -0.2) is 27.6 Å². The Kier molecular flexibility index (Phi) is 4.50. The van der Waals surface area contributed by atoms with Crippen LogP contribution >= 0.6 is 0 Å². The van der Waals surface area contributed by atoms with Crippen molar-refractivity contribution in [2.45, 2.75) is 38.8 Å². The second-order valence-electron chi connectivity index (χ2n) is 5.90. The molecule has 3 rings (SSSR count). The molecular formula is C17H21N5O2. The van der Waals surface area contributed by atoms with Gasteiger partial charge in [-0.05, 0) is 31.4 Å². The number of para-hydroxylation sites is 1. The molecule has 1 aliphatic heterocycles. The molecule has 1 aliphatic rings. The van der Waals surface area contributed by atoms with Gasteiger partial charge in [0.2, 0.25) is 5.91 Å². The maximum atomic E-state index is 12.3. The second kappa shape index (κ2) is 6.74. The molecule has 4 N–H and O–H groups in total. The highest BCUT2D eigenvalue weighted by molar-refractivity contribution is 6.01. The van der Waals surface area contributed by atoms with Crippen LogP contribution in [0.1, 0.15) is 35.8 Å². The van der Waals surface area contributed by atoms with E-state index in [2.05, 4.69) is 21.8 Å². The van der Waals surface area contributed by atoms with Gasteiger partial charge in [0.1, 0.15) is 0 Å². The van der Waals surface area contributed by atoms with E-state index < -0.39 is 5.91 Å². The molecule has 1 aromatic carbocycles. The van der Waals surface area contributed by atoms with E-state index in [1.807, 2.05) is 25.1 Å². The zero-order valence-corrected chi connectivity index (χ0v) is 13.6. The Balaban J connectivity index is 1.65. The monoisotopic (exact) mass is 327 g/mol. The SMILES string of the molecule is CCn1cc(NC(=O)CC2CCc3ccccc3N2)c(C(N)=O)n1. The molecule has 2 aromatic rings. The molecular weight excluding hydrogens is 306 g/mol. The highest BCUT2D eigenvalue weighted by Gasteiger charge is 2.22. The van der Waals surface area contributed by atoms with E-state index >= 15 is 0 Å². The minimum atomic E-state index is -0.651. The molecule has 0 bridgehead atoms. The molecule has 7 heteroatoms. The zero-order valence-electron chi connectivity index (χ0n) is 13.6. The third-order valence-electron chi connectivity index (χ3n) is 4.16. The molecule has 126 valence electrons. The lowest BCUT2D eigenvalue weighted by molar-refractivity contribution is -0.116. The average Bonchev–Trinajstić information content (AvgIpc) is 2.98. The first-order valence-electron chi connectivity index (χ1n) is 8.08. The van der Waals surface area contributed by atoms with Gasteiger partial charge in [-0.15, -0.1) is 0 Å². The molecule has 2 amide bonds. The lowest BCUT2D eigenvalue weighted by Gasteiger charge is -2.26. The van der Waals surface area contributed by atoms with Crippen molar-refractivity contribution >= 4 is 23.2 Å². The van der Waals surface area contributed by atoms with Gasteiger partial charge in [-0.25, -0.2) is 0 Å². The van der Waals surface area contributed by atoms with E-state index in [0.29, 0.717) is 18.7 Å². The summed E-state index contributed by atoms with van der Waals surface area (Å²) < 4.78 is 1.57. The molecule has 0 fully saturated rings. The van der Waals surface area contributed by atoms with Gasteiger partial charge in [0.15, 0.2) is 5.69 Å². The number of nitrogens with zero attached hydrogens (tertiary/aromatic N) is 2. The van der Waals surface area contributed by atoms with Gasteiger partial charge in [0.05, 0.1) is 5.69 Å². The normalized spacial score (nSPS) is 16.1. The summed E-state index contributed by atoms with van der Waals surface area (Å²) in [5.41, 5.74) is 8.13. The van der Waals surface area contributed by atoms with Gasteiger partial charge in [0.25, 0.3) is 5.91 Å². The maximum absolute atomic E-state index is 12.3. The van der Waals surface area contributed by atoms with Gasteiger partial charge < -0.3 is 16.4 Å². The van der Waals surface area contributed by atoms with E-state index in [-0.39, 0.29) is 17.6 Å². The Morgan fingerprint density at radius 3 is 2.96 bits per heavy atom.